The molecule has 0 bridgehead atoms. The van der Waals surface area contributed by atoms with Gasteiger partial charge in [0, 0.05) is 64.3 Å². The van der Waals surface area contributed by atoms with Crippen LogP contribution >= 0.6 is 0 Å². The number of ether oxygens (including phenoxy) is 1. The molecule has 2 aromatic rings. The summed E-state index contributed by atoms with van der Waals surface area (Å²) in [5, 5.41) is 6.66. The molecule has 1 atom stereocenters. The van der Waals surface area contributed by atoms with Crippen molar-refractivity contribution in [3.63, 3.8) is 0 Å². The van der Waals surface area contributed by atoms with E-state index in [1.54, 1.807) is 8.61 Å². The van der Waals surface area contributed by atoms with Gasteiger partial charge >= 0.3 is 0 Å². The van der Waals surface area contributed by atoms with E-state index >= 15 is 0 Å². The molecule has 0 aliphatic carbocycles. The summed E-state index contributed by atoms with van der Waals surface area (Å²) < 4.78 is 66.5. The molecule has 1 unspecified atom stereocenters. The third-order valence-electron chi connectivity index (χ3n) is 10.1. The molecule has 2 N–H and O–H groups in total. The summed E-state index contributed by atoms with van der Waals surface area (Å²) in [6.45, 7) is 14.8. The zero-order chi connectivity index (χ0) is 33.9. The van der Waals surface area contributed by atoms with Crippen LogP contribution in [-0.2, 0) is 31.2 Å². The monoisotopic (exact) mass is 689 g/mol. The quantitative estimate of drug-likeness (QED) is 0.344. The lowest BCUT2D eigenvalue weighted by Crippen LogP contribution is -2.50. The Kier molecular flexibility index (Phi) is 11.9. The Labute approximate surface area is 283 Å². The van der Waals surface area contributed by atoms with Crippen molar-refractivity contribution < 1.29 is 21.6 Å². The molecule has 0 amide bonds. The fourth-order valence-electron chi connectivity index (χ4n) is 7.70. The van der Waals surface area contributed by atoms with Gasteiger partial charge < -0.3 is 15.4 Å². The van der Waals surface area contributed by atoms with Gasteiger partial charge in [-0.2, -0.15) is 8.61 Å². The molecule has 0 saturated carbocycles. The molecule has 5 rings (SSSR count). The largest absolute Gasteiger partial charge is 0.363 e. The first-order valence-electron chi connectivity index (χ1n) is 17.3. The van der Waals surface area contributed by atoms with Crippen LogP contribution in [0.3, 0.4) is 0 Å². The molecule has 0 radical (unpaired) electrons. The Balaban J connectivity index is 1.40. The topological polar surface area (TPSA) is 111 Å². The van der Waals surface area contributed by atoms with Crippen LogP contribution in [0.25, 0.3) is 0 Å². The van der Waals surface area contributed by atoms with E-state index in [9.17, 15) is 16.8 Å². The van der Waals surface area contributed by atoms with Crippen LogP contribution < -0.4 is 10.6 Å². The van der Waals surface area contributed by atoms with Gasteiger partial charge in [-0.1, -0.05) is 35.4 Å². The molecule has 262 valence electrons. The zero-order valence-electron chi connectivity index (χ0n) is 29.1. The number of likely N-dealkylation sites (N-methyl/N-ethyl adjacent to an activating group) is 1. The third kappa shape index (κ3) is 8.29. The minimum atomic E-state index is -3.82. The average molecular weight is 690 g/mol. The molecule has 0 spiro atoms. The summed E-state index contributed by atoms with van der Waals surface area (Å²) >= 11 is 0. The van der Waals surface area contributed by atoms with Gasteiger partial charge in [-0.15, -0.1) is 0 Å². The van der Waals surface area contributed by atoms with Gasteiger partial charge in [0.15, 0.2) is 0 Å². The van der Waals surface area contributed by atoms with E-state index in [-0.39, 0.29) is 12.5 Å². The van der Waals surface area contributed by atoms with Gasteiger partial charge in [0.2, 0.25) is 20.0 Å². The van der Waals surface area contributed by atoms with Gasteiger partial charge in [0.05, 0.1) is 22.6 Å². The molecule has 3 fully saturated rings. The molecule has 0 aromatic heterocycles. The maximum atomic E-state index is 14.4. The van der Waals surface area contributed by atoms with Gasteiger partial charge in [0.1, 0.15) is 0 Å². The number of rotatable bonds is 11. The highest BCUT2D eigenvalue weighted by Crippen LogP contribution is 2.34. The van der Waals surface area contributed by atoms with E-state index in [2.05, 4.69) is 22.5 Å². The molecule has 47 heavy (non-hydrogen) atoms. The molecular formula is C35H55N5O5S2. The fourth-order valence-corrected chi connectivity index (χ4v) is 11.5. The molecule has 12 heteroatoms. The van der Waals surface area contributed by atoms with E-state index in [1.165, 1.54) is 0 Å². The first kappa shape index (κ1) is 36.4. The van der Waals surface area contributed by atoms with E-state index in [1.807, 2.05) is 59.0 Å². The Hall–Kier alpha value is -1.90. The van der Waals surface area contributed by atoms with Crippen LogP contribution in [0.5, 0.6) is 0 Å². The summed E-state index contributed by atoms with van der Waals surface area (Å²) in [7, 11) is -5.69. The first-order chi connectivity index (χ1) is 22.3. The number of piperidine rings is 2. The van der Waals surface area contributed by atoms with Crippen LogP contribution in [0, 0.1) is 27.7 Å². The van der Waals surface area contributed by atoms with Crippen molar-refractivity contribution in [2.24, 2.45) is 0 Å². The van der Waals surface area contributed by atoms with Crippen LogP contribution in [0.4, 0.5) is 0 Å². The minimum absolute atomic E-state index is 0.218. The highest BCUT2D eigenvalue weighted by molar-refractivity contribution is 7.89. The van der Waals surface area contributed by atoms with E-state index < -0.39 is 20.0 Å². The van der Waals surface area contributed by atoms with E-state index in [4.69, 9.17) is 4.74 Å². The van der Waals surface area contributed by atoms with Gasteiger partial charge in [-0.05, 0) is 96.0 Å². The second-order valence-corrected chi connectivity index (χ2v) is 17.6. The Morgan fingerprint density at radius 1 is 0.723 bits per heavy atom. The number of sulfonamides is 2. The maximum Gasteiger partial charge on any atom is 0.243 e. The lowest BCUT2D eigenvalue weighted by Gasteiger charge is -2.41. The van der Waals surface area contributed by atoms with Crippen molar-refractivity contribution in [1.29, 1.82) is 0 Å². The molecule has 2 aromatic carbocycles. The number of hydrogen-bond acceptors (Lipinski definition) is 8. The van der Waals surface area contributed by atoms with Crippen molar-refractivity contribution in [2.75, 3.05) is 59.6 Å². The maximum absolute atomic E-state index is 14.4. The van der Waals surface area contributed by atoms with Gasteiger partial charge in [-0.3, -0.25) is 4.90 Å². The summed E-state index contributed by atoms with van der Waals surface area (Å²) in [4.78, 5) is 2.97. The molecule has 3 aliphatic heterocycles. The normalized spacial score (nSPS) is 21.8. The lowest BCUT2D eigenvalue weighted by molar-refractivity contribution is -0.0829. The Morgan fingerprint density at radius 2 is 1.23 bits per heavy atom. The van der Waals surface area contributed by atoms with E-state index in [0.29, 0.717) is 77.0 Å². The predicted molar refractivity (Wildman–Crippen MR) is 187 cm³/mol. The van der Waals surface area contributed by atoms with Crippen molar-refractivity contribution >= 4 is 20.0 Å². The number of nitrogens with zero attached hydrogens (tertiary/aromatic N) is 3. The number of hydrogen-bond donors (Lipinski definition) is 2. The van der Waals surface area contributed by atoms with Gasteiger partial charge in [-0.25, -0.2) is 16.8 Å². The first-order valence-corrected chi connectivity index (χ1v) is 20.1. The number of nitrogens with one attached hydrogen (secondary N) is 2. The number of benzene rings is 2. The van der Waals surface area contributed by atoms with Crippen molar-refractivity contribution in [1.82, 2.24) is 24.1 Å². The van der Waals surface area contributed by atoms with E-state index in [0.717, 1.165) is 62.9 Å². The van der Waals surface area contributed by atoms with Gasteiger partial charge in [0.25, 0.3) is 0 Å². The number of aryl methyl sites for hydroxylation is 4. The molecule has 3 heterocycles. The summed E-state index contributed by atoms with van der Waals surface area (Å²) in [5.41, 5.74) is 4.60. The smallest absolute Gasteiger partial charge is 0.243 e. The van der Waals surface area contributed by atoms with Crippen molar-refractivity contribution in [3.8, 4) is 0 Å². The summed E-state index contributed by atoms with van der Waals surface area (Å²) in [6, 6.07) is 8.29. The standard InChI is InChI=1S/C35H55N5O5S2/c1-25-19-27(3)34(46(41,42)39-15-8-32(9-16-39)37-13-12-36-6)30(21-25)23-31-22-26(2)20-28(4)35(31)47(43,44)40-17-10-33(11-18-40)38-14-7-29(5)45-24-38/h19-22,29,32-33,36-37H,7-18,23-24H2,1-6H3. The van der Waals surface area contributed by atoms with Crippen molar-refractivity contribution in [2.45, 2.75) is 101 Å². The second kappa shape index (κ2) is 15.3. The highest BCUT2D eigenvalue weighted by Gasteiger charge is 2.36. The Bertz CT molecular complexity index is 1610. The molecule has 3 saturated heterocycles. The molecule has 10 nitrogen and oxygen atoms in total. The van der Waals surface area contributed by atoms with Crippen LogP contribution in [0.2, 0.25) is 0 Å². The van der Waals surface area contributed by atoms with Crippen LogP contribution in [-0.4, -0.2) is 108 Å². The minimum Gasteiger partial charge on any atom is -0.363 e. The Morgan fingerprint density at radius 3 is 1.70 bits per heavy atom. The van der Waals surface area contributed by atoms with Crippen LogP contribution in [0.15, 0.2) is 34.1 Å². The van der Waals surface area contributed by atoms with Crippen molar-refractivity contribution in [3.05, 3.63) is 57.6 Å². The third-order valence-corrected chi connectivity index (χ3v) is 14.4. The fraction of sp³-hybridized carbons (Fsp3) is 0.657. The lowest BCUT2D eigenvalue weighted by atomic mass is 9.98. The molecular weight excluding hydrogens is 635 g/mol. The van der Waals surface area contributed by atoms with Crippen LogP contribution in [0.1, 0.15) is 72.4 Å². The SMILES string of the molecule is CNCCNC1CCN(S(=O)(=O)c2c(C)cc(C)cc2Cc2cc(C)cc(C)c2S(=O)(=O)N2CCC(N3CCC(C)OC3)CC2)CC1. The average Bonchev–Trinajstić information content (AvgIpc) is 3.01. The summed E-state index contributed by atoms with van der Waals surface area (Å²) in [5.74, 6) is 0. The molecule has 3 aliphatic rings. The summed E-state index contributed by atoms with van der Waals surface area (Å²) in [6.07, 6.45) is 4.51. The zero-order valence-corrected chi connectivity index (χ0v) is 30.8. The highest BCUT2D eigenvalue weighted by atomic mass is 32.2. The predicted octanol–water partition coefficient (Wildman–Crippen LogP) is 3.69. The second-order valence-electron chi connectivity index (χ2n) is 13.9.